The number of hydrogen-bond donors (Lipinski definition) is 1. The molecule has 0 unspecified atom stereocenters. The molecule has 0 bridgehead atoms. The molecule has 0 amide bonds. The number of para-hydroxylation sites is 1. The van der Waals surface area contributed by atoms with Crippen LogP contribution in [-0.4, -0.2) is 23.1 Å². The number of halogens is 1. The van der Waals surface area contributed by atoms with E-state index in [0.717, 1.165) is 18.8 Å². The first-order valence-corrected chi connectivity index (χ1v) is 7.82. The molecule has 3 aromatic rings. The molecule has 1 aliphatic rings. The summed E-state index contributed by atoms with van der Waals surface area (Å²) < 4.78 is 13.8. The van der Waals surface area contributed by atoms with Gasteiger partial charge in [0.05, 0.1) is 0 Å². The smallest absolute Gasteiger partial charge is 0.149 e. The molecule has 0 spiro atoms. The maximum absolute atomic E-state index is 13.8. The van der Waals surface area contributed by atoms with E-state index in [1.165, 1.54) is 30.9 Å². The summed E-state index contributed by atoms with van der Waals surface area (Å²) in [6.07, 6.45) is 3.91. The maximum atomic E-state index is 13.8. The summed E-state index contributed by atoms with van der Waals surface area (Å²) in [6.45, 7) is 2.26. The molecule has 0 atom stereocenters. The molecule has 1 saturated heterocycles. The molecule has 1 N–H and O–H groups in total. The second kappa shape index (κ2) is 5.83. The molecule has 2 heterocycles. The summed E-state index contributed by atoms with van der Waals surface area (Å²) in [5.74, 6) is 0.278. The van der Waals surface area contributed by atoms with E-state index in [0.29, 0.717) is 16.7 Å². The van der Waals surface area contributed by atoms with Crippen LogP contribution in [0.4, 0.5) is 21.6 Å². The van der Waals surface area contributed by atoms with Crippen LogP contribution >= 0.6 is 0 Å². The van der Waals surface area contributed by atoms with Gasteiger partial charge in [0, 0.05) is 29.9 Å². The molecule has 1 aromatic heterocycles. The third kappa shape index (κ3) is 2.70. The van der Waals surface area contributed by atoms with Crippen molar-refractivity contribution in [2.24, 2.45) is 0 Å². The summed E-state index contributed by atoms with van der Waals surface area (Å²) in [6, 6.07) is 13.2. The van der Waals surface area contributed by atoms with Crippen molar-refractivity contribution in [3.63, 3.8) is 0 Å². The van der Waals surface area contributed by atoms with Gasteiger partial charge in [0.2, 0.25) is 0 Å². The summed E-state index contributed by atoms with van der Waals surface area (Å²) in [4.78, 5) is 10.6. The van der Waals surface area contributed by atoms with Crippen molar-refractivity contribution in [1.82, 2.24) is 9.97 Å². The zero-order valence-corrected chi connectivity index (χ0v) is 12.7. The fraction of sp³-hybridized carbons (Fsp3) is 0.222. The summed E-state index contributed by atoms with van der Waals surface area (Å²) >= 11 is 0. The topological polar surface area (TPSA) is 41.0 Å². The molecule has 0 radical (unpaired) electrons. The fourth-order valence-corrected chi connectivity index (χ4v) is 3.02. The van der Waals surface area contributed by atoms with Gasteiger partial charge in [-0.2, -0.15) is 0 Å². The number of hydrogen-bond acceptors (Lipinski definition) is 4. The van der Waals surface area contributed by atoms with E-state index in [9.17, 15) is 4.39 Å². The minimum atomic E-state index is -0.336. The lowest BCUT2D eigenvalue weighted by Crippen LogP contribution is -2.17. The largest absolute Gasteiger partial charge is 0.372 e. The highest BCUT2D eigenvalue weighted by molar-refractivity contribution is 5.90. The number of fused-ring (bicyclic) bond motifs is 1. The van der Waals surface area contributed by atoms with E-state index in [-0.39, 0.29) is 5.82 Å². The molecule has 116 valence electrons. The number of nitrogens with one attached hydrogen (secondary N) is 1. The predicted octanol–water partition coefficient (Wildman–Crippen LogP) is 4.11. The highest BCUT2D eigenvalue weighted by atomic mass is 19.1. The summed E-state index contributed by atoms with van der Waals surface area (Å²) in [5, 5.41) is 3.93. The van der Waals surface area contributed by atoms with Crippen molar-refractivity contribution < 1.29 is 4.39 Å². The van der Waals surface area contributed by atoms with Crippen LogP contribution in [0.1, 0.15) is 12.8 Å². The van der Waals surface area contributed by atoms with Crippen molar-refractivity contribution in [3.05, 3.63) is 54.6 Å². The number of rotatable bonds is 3. The second-order valence-electron chi connectivity index (χ2n) is 5.72. The molecule has 4 rings (SSSR count). The van der Waals surface area contributed by atoms with Crippen LogP contribution in [0.15, 0.2) is 48.8 Å². The van der Waals surface area contributed by atoms with Crippen LogP contribution in [0.5, 0.6) is 0 Å². The second-order valence-corrected chi connectivity index (χ2v) is 5.72. The molecule has 4 nitrogen and oxygen atoms in total. The van der Waals surface area contributed by atoms with Gasteiger partial charge in [0.25, 0.3) is 0 Å². The molecular weight excluding hydrogens is 291 g/mol. The van der Waals surface area contributed by atoms with E-state index in [1.807, 2.05) is 18.2 Å². The highest BCUT2D eigenvalue weighted by Gasteiger charge is 2.12. The first-order chi connectivity index (χ1) is 11.3. The van der Waals surface area contributed by atoms with Gasteiger partial charge in [-0.3, -0.25) is 0 Å². The molecule has 1 aliphatic heterocycles. The van der Waals surface area contributed by atoms with Crippen LogP contribution in [-0.2, 0) is 0 Å². The molecular formula is C18H17FN4. The Balaban J connectivity index is 1.62. The molecule has 2 aromatic carbocycles. The monoisotopic (exact) mass is 308 g/mol. The summed E-state index contributed by atoms with van der Waals surface area (Å²) in [5.41, 5.74) is 2.50. The van der Waals surface area contributed by atoms with Gasteiger partial charge >= 0.3 is 0 Å². The van der Waals surface area contributed by atoms with Gasteiger partial charge in [-0.05, 0) is 49.2 Å². The molecule has 5 heteroatoms. The minimum Gasteiger partial charge on any atom is -0.372 e. The zero-order chi connectivity index (χ0) is 15.6. The quantitative estimate of drug-likeness (QED) is 0.790. The third-order valence-electron chi connectivity index (χ3n) is 4.22. The summed E-state index contributed by atoms with van der Waals surface area (Å²) in [7, 11) is 0. The Kier molecular flexibility index (Phi) is 3.54. The van der Waals surface area contributed by atoms with Crippen LogP contribution in [0.25, 0.3) is 10.9 Å². The van der Waals surface area contributed by atoms with Crippen molar-refractivity contribution >= 4 is 28.1 Å². The third-order valence-corrected chi connectivity index (χ3v) is 4.22. The Morgan fingerprint density at radius 3 is 2.52 bits per heavy atom. The average molecular weight is 308 g/mol. The Bertz CT molecular complexity index is 826. The molecule has 0 saturated carbocycles. The first kappa shape index (κ1) is 13.9. The zero-order valence-electron chi connectivity index (χ0n) is 12.7. The van der Waals surface area contributed by atoms with Crippen LogP contribution in [0, 0.1) is 5.82 Å². The molecule has 1 fully saturated rings. The van der Waals surface area contributed by atoms with Crippen LogP contribution < -0.4 is 10.2 Å². The predicted molar refractivity (Wildman–Crippen MR) is 90.7 cm³/mol. The van der Waals surface area contributed by atoms with Gasteiger partial charge in [0.15, 0.2) is 0 Å². The minimum absolute atomic E-state index is 0.332. The average Bonchev–Trinajstić information content (AvgIpc) is 3.11. The van der Waals surface area contributed by atoms with Gasteiger partial charge in [0.1, 0.15) is 23.5 Å². The van der Waals surface area contributed by atoms with E-state index in [4.69, 9.17) is 0 Å². The molecule has 23 heavy (non-hydrogen) atoms. The van der Waals surface area contributed by atoms with Gasteiger partial charge in [-0.25, -0.2) is 14.4 Å². The molecule has 0 aliphatic carbocycles. The van der Waals surface area contributed by atoms with Gasteiger partial charge in [-0.15, -0.1) is 0 Å². The maximum Gasteiger partial charge on any atom is 0.149 e. The normalized spacial score (nSPS) is 14.4. The SMILES string of the molecule is Fc1cccc2c(Nc3ccc(N4CCCC4)cc3)ncnc12. The van der Waals surface area contributed by atoms with E-state index < -0.39 is 0 Å². The number of benzene rings is 2. The lowest BCUT2D eigenvalue weighted by atomic mass is 10.2. The van der Waals surface area contributed by atoms with Crippen molar-refractivity contribution in [2.45, 2.75) is 12.8 Å². The lowest BCUT2D eigenvalue weighted by molar-refractivity contribution is 0.636. The van der Waals surface area contributed by atoms with Crippen molar-refractivity contribution in [1.29, 1.82) is 0 Å². The fourth-order valence-electron chi connectivity index (χ4n) is 3.02. The number of anilines is 3. The van der Waals surface area contributed by atoms with E-state index in [1.54, 1.807) is 6.07 Å². The Labute approximate surface area is 134 Å². The van der Waals surface area contributed by atoms with E-state index >= 15 is 0 Å². The first-order valence-electron chi connectivity index (χ1n) is 7.82. The highest BCUT2D eigenvalue weighted by Crippen LogP contribution is 2.26. The van der Waals surface area contributed by atoms with Gasteiger partial charge in [-0.1, -0.05) is 6.07 Å². The van der Waals surface area contributed by atoms with Gasteiger partial charge < -0.3 is 10.2 Å². The number of aromatic nitrogens is 2. The standard InChI is InChI=1S/C18H17FN4/c19-16-5-3-4-15-17(16)20-12-21-18(15)22-13-6-8-14(9-7-13)23-10-1-2-11-23/h3-9,12H,1-2,10-11H2,(H,20,21,22). The van der Waals surface area contributed by atoms with E-state index in [2.05, 4.69) is 32.3 Å². The van der Waals surface area contributed by atoms with Crippen LogP contribution in [0.3, 0.4) is 0 Å². The Morgan fingerprint density at radius 2 is 1.74 bits per heavy atom. The number of nitrogens with zero attached hydrogens (tertiary/aromatic N) is 3. The Hall–Kier alpha value is -2.69. The van der Waals surface area contributed by atoms with Crippen molar-refractivity contribution in [3.8, 4) is 0 Å². The van der Waals surface area contributed by atoms with Crippen molar-refractivity contribution in [2.75, 3.05) is 23.3 Å². The van der Waals surface area contributed by atoms with Crippen LogP contribution in [0.2, 0.25) is 0 Å². The lowest BCUT2D eigenvalue weighted by Gasteiger charge is -2.18. The Morgan fingerprint density at radius 1 is 0.957 bits per heavy atom.